The van der Waals surface area contributed by atoms with Crippen LogP contribution in [0.15, 0.2) is 103 Å². The van der Waals surface area contributed by atoms with Crippen LogP contribution in [-0.4, -0.2) is 51.7 Å². The van der Waals surface area contributed by atoms with Crippen LogP contribution < -0.4 is 5.32 Å². The van der Waals surface area contributed by atoms with Crippen LogP contribution in [0.2, 0.25) is 0 Å². The van der Waals surface area contributed by atoms with Gasteiger partial charge in [-0.25, -0.2) is 0 Å². The van der Waals surface area contributed by atoms with Gasteiger partial charge in [0.05, 0.1) is 30.5 Å². The van der Waals surface area contributed by atoms with Gasteiger partial charge < -0.3 is 25.0 Å². The maximum atomic E-state index is 12.6. The number of likely N-dealkylation sites (N-methyl/N-ethyl adjacent to an activating group) is 1. The average Bonchev–Trinajstić information content (AvgIpc) is 3.06. The Hall–Kier alpha value is -3.92. The van der Waals surface area contributed by atoms with Crippen LogP contribution in [0.5, 0.6) is 0 Å². The van der Waals surface area contributed by atoms with Gasteiger partial charge >= 0.3 is 0 Å². The van der Waals surface area contributed by atoms with Crippen LogP contribution >= 0.6 is 0 Å². The highest BCUT2D eigenvalue weighted by atomic mass is 16.7. The van der Waals surface area contributed by atoms with E-state index in [0.717, 1.165) is 22.3 Å². The monoisotopic (exact) mass is 581 g/mol. The summed E-state index contributed by atoms with van der Waals surface area (Å²) in [4.78, 5) is 18.7. The summed E-state index contributed by atoms with van der Waals surface area (Å²) in [5.74, 6) is -0.237. The molecule has 1 amide bonds. The lowest BCUT2D eigenvalue weighted by Crippen LogP contribution is -2.46. The summed E-state index contributed by atoms with van der Waals surface area (Å²) in [7, 11) is 2.00. The highest BCUT2D eigenvalue weighted by molar-refractivity contribution is 6.04. The van der Waals surface area contributed by atoms with Crippen molar-refractivity contribution in [2.45, 2.75) is 51.1 Å². The molecule has 4 aromatic rings. The molecule has 8 heteroatoms. The third-order valence-electron chi connectivity index (χ3n) is 8.25. The fourth-order valence-electron chi connectivity index (χ4n) is 5.37. The quantitative estimate of drug-likeness (QED) is 0.222. The predicted octanol–water partition coefficient (Wildman–Crippen LogP) is 5.67. The predicted molar refractivity (Wildman–Crippen MR) is 165 cm³/mol. The minimum absolute atomic E-state index is 0.00205. The minimum Gasteiger partial charge on any atom is -0.392 e. The summed E-state index contributed by atoms with van der Waals surface area (Å²) in [5.41, 5.74) is 4.67. The first kappa shape index (κ1) is 30.5. The van der Waals surface area contributed by atoms with Gasteiger partial charge in [-0.3, -0.25) is 14.7 Å². The van der Waals surface area contributed by atoms with Crippen molar-refractivity contribution in [1.82, 2.24) is 9.88 Å². The van der Waals surface area contributed by atoms with E-state index in [0.29, 0.717) is 17.8 Å². The van der Waals surface area contributed by atoms with Crippen LogP contribution in [0.1, 0.15) is 65.0 Å². The Balaban J connectivity index is 1.35. The van der Waals surface area contributed by atoms with Gasteiger partial charge in [0.2, 0.25) is 0 Å². The first-order valence-electron chi connectivity index (χ1n) is 14.6. The van der Waals surface area contributed by atoms with Crippen molar-refractivity contribution in [3.8, 4) is 0 Å². The minimum atomic E-state index is -0.645. The number of hydrogen-bond donors (Lipinski definition) is 3. The molecular formula is C35H39N3O5. The van der Waals surface area contributed by atoms with Crippen LogP contribution in [-0.2, 0) is 16.1 Å². The van der Waals surface area contributed by atoms with Gasteiger partial charge in [0.25, 0.3) is 5.91 Å². The van der Waals surface area contributed by atoms with E-state index >= 15 is 0 Å². The van der Waals surface area contributed by atoms with Crippen LogP contribution in [0.3, 0.4) is 0 Å². The fraction of sp³-hybridized carbons (Fsp3) is 0.314. The smallest absolute Gasteiger partial charge is 0.257 e. The Morgan fingerprint density at radius 2 is 1.65 bits per heavy atom. The van der Waals surface area contributed by atoms with Crippen molar-refractivity contribution in [2.24, 2.45) is 5.92 Å². The van der Waals surface area contributed by atoms with Crippen molar-refractivity contribution in [2.75, 3.05) is 18.9 Å². The summed E-state index contributed by atoms with van der Waals surface area (Å²) >= 11 is 0. The molecule has 1 saturated heterocycles. The first-order valence-corrected chi connectivity index (χ1v) is 14.6. The molecule has 0 bridgehead atoms. The maximum Gasteiger partial charge on any atom is 0.257 e. The van der Waals surface area contributed by atoms with E-state index in [1.807, 2.05) is 92.8 Å². The number of nitrogens with one attached hydrogen (secondary N) is 1. The van der Waals surface area contributed by atoms with E-state index in [4.69, 9.17) is 9.47 Å². The van der Waals surface area contributed by atoms with Crippen molar-refractivity contribution >= 4 is 11.6 Å². The molecule has 43 heavy (non-hydrogen) atoms. The molecule has 0 spiro atoms. The zero-order chi connectivity index (χ0) is 30.3. The third-order valence-corrected chi connectivity index (χ3v) is 8.25. The molecule has 0 aliphatic carbocycles. The zero-order valence-electron chi connectivity index (χ0n) is 24.7. The van der Waals surface area contributed by atoms with Gasteiger partial charge in [0, 0.05) is 42.1 Å². The van der Waals surface area contributed by atoms with E-state index in [1.165, 1.54) is 6.20 Å². The number of carbonyl (C=O) groups excluding carboxylic acids is 1. The molecule has 224 valence electrons. The van der Waals surface area contributed by atoms with Crippen molar-refractivity contribution in [3.63, 3.8) is 0 Å². The average molecular weight is 582 g/mol. The number of pyridine rings is 1. The Bertz CT molecular complexity index is 1450. The number of aromatic nitrogens is 1. The largest absolute Gasteiger partial charge is 0.392 e. The number of hydrogen-bond acceptors (Lipinski definition) is 7. The number of carbonyl (C=O) groups is 1. The van der Waals surface area contributed by atoms with Crippen molar-refractivity contribution < 1.29 is 24.5 Å². The van der Waals surface area contributed by atoms with Crippen molar-refractivity contribution in [1.29, 1.82) is 0 Å². The molecule has 3 aromatic carbocycles. The molecule has 2 heterocycles. The number of ether oxygens (including phenoxy) is 2. The van der Waals surface area contributed by atoms with E-state index in [-0.39, 0.29) is 36.7 Å². The van der Waals surface area contributed by atoms with E-state index < -0.39 is 12.4 Å². The SMILES string of the molecule is C[C@H]1[C@@H](CN(C)[C@H](C)[C@@H](O)c2ccccc2)O[C@@H](c2ccc(NC(=O)c3cccnc3)cc2)O[C@H]1c1ccc(CO)cc1. The van der Waals surface area contributed by atoms with E-state index in [2.05, 4.69) is 22.1 Å². The lowest BCUT2D eigenvalue weighted by Gasteiger charge is -2.43. The van der Waals surface area contributed by atoms with Gasteiger partial charge in [0.15, 0.2) is 6.29 Å². The maximum absolute atomic E-state index is 12.6. The van der Waals surface area contributed by atoms with Gasteiger partial charge in [-0.2, -0.15) is 0 Å². The van der Waals surface area contributed by atoms with Gasteiger partial charge in [-0.1, -0.05) is 73.7 Å². The van der Waals surface area contributed by atoms with E-state index in [1.54, 1.807) is 18.3 Å². The molecule has 1 aromatic heterocycles. The summed E-state index contributed by atoms with van der Waals surface area (Å²) in [6.45, 7) is 4.69. The molecule has 5 rings (SSSR count). The number of nitrogens with zero attached hydrogens (tertiary/aromatic N) is 2. The topological polar surface area (TPSA) is 104 Å². The van der Waals surface area contributed by atoms with Crippen LogP contribution in [0.25, 0.3) is 0 Å². The standard InChI is InChI=1S/C35H39N3O5/c1-23-31(21-38(3)24(2)32(40)26-8-5-4-6-9-26)42-35(43-33(23)27-13-11-25(22-39)12-14-27)28-15-17-30(18-16-28)37-34(41)29-10-7-19-36-20-29/h4-20,23-24,31-33,35,39-40H,21-22H2,1-3H3,(H,37,41)/t23-,24+,31+,32+,33+,35+/m0/s1. The second-order valence-electron chi connectivity index (χ2n) is 11.2. The lowest BCUT2D eigenvalue weighted by molar-refractivity contribution is -0.276. The number of aliphatic hydroxyl groups is 2. The van der Waals surface area contributed by atoms with Gasteiger partial charge in [0.1, 0.15) is 0 Å². The highest BCUT2D eigenvalue weighted by Crippen LogP contribution is 2.42. The molecule has 8 nitrogen and oxygen atoms in total. The van der Waals surface area contributed by atoms with Crippen molar-refractivity contribution in [3.05, 3.63) is 131 Å². The number of rotatable bonds is 10. The summed E-state index contributed by atoms with van der Waals surface area (Å²) in [5, 5.41) is 23.5. The first-order chi connectivity index (χ1) is 20.8. The number of benzene rings is 3. The van der Waals surface area contributed by atoms with Crippen LogP contribution in [0, 0.1) is 5.92 Å². The Morgan fingerprint density at radius 1 is 0.953 bits per heavy atom. The molecule has 1 fully saturated rings. The third kappa shape index (κ3) is 7.36. The summed E-state index contributed by atoms with van der Waals surface area (Å²) in [6.07, 6.45) is 1.40. The number of amides is 1. The second-order valence-corrected chi connectivity index (χ2v) is 11.2. The Morgan fingerprint density at radius 3 is 2.30 bits per heavy atom. The normalized spacial score (nSPS) is 21.7. The molecule has 1 aliphatic heterocycles. The molecule has 6 atom stereocenters. The zero-order valence-corrected chi connectivity index (χ0v) is 24.7. The molecular weight excluding hydrogens is 542 g/mol. The summed E-state index contributed by atoms with van der Waals surface area (Å²) < 4.78 is 13.2. The highest BCUT2D eigenvalue weighted by Gasteiger charge is 2.39. The number of anilines is 1. The fourth-order valence-corrected chi connectivity index (χ4v) is 5.37. The van der Waals surface area contributed by atoms with Gasteiger partial charge in [-0.05, 0) is 54.9 Å². The molecule has 1 aliphatic rings. The molecule has 3 N–H and O–H groups in total. The Labute approximate surface area is 252 Å². The van der Waals surface area contributed by atoms with Crippen LogP contribution in [0.4, 0.5) is 5.69 Å². The summed E-state index contributed by atoms with van der Waals surface area (Å²) in [6, 6.07) is 28.2. The van der Waals surface area contributed by atoms with E-state index in [9.17, 15) is 15.0 Å². The molecule has 0 radical (unpaired) electrons. The van der Waals surface area contributed by atoms with Gasteiger partial charge in [-0.15, -0.1) is 0 Å². The molecule has 0 saturated carbocycles. The second kappa shape index (κ2) is 14.0. The molecule has 0 unspecified atom stereocenters. The Kier molecular flexibility index (Phi) is 9.97. The lowest BCUT2D eigenvalue weighted by atomic mass is 9.89. The number of aliphatic hydroxyl groups excluding tert-OH is 2.